The second-order valence-electron chi connectivity index (χ2n) is 6.08. The number of nitrogens with one attached hydrogen (secondary N) is 2. The van der Waals surface area contributed by atoms with Crippen molar-refractivity contribution in [3.8, 4) is 5.75 Å². The number of amides is 4. The average Bonchev–Trinajstić information content (AvgIpc) is 2.94. The molecule has 1 aliphatic heterocycles. The van der Waals surface area contributed by atoms with Crippen LogP contribution in [-0.2, 0) is 16.0 Å². The molecule has 0 radical (unpaired) electrons. The fourth-order valence-electron chi connectivity index (χ4n) is 2.79. The molecule has 3 rings (SSSR count). The summed E-state index contributed by atoms with van der Waals surface area (Å²) in [5.41, 5.74) is 1.52. The van der Waals surface area contributed by atoms with Gasteiger partial charge >= 0.3 is 6.03 Å². The first-order chi connectivity index (χ1) is 13.1. The zero-order valence-electron chi connectivity index (χ0n) is 14.8. The van der Waals surface area contributed by atoms with Crippen LogP contribution in [0.25, 0.3) is 0 Å². The summed E-state index contributed by atoms with van der Waals surface area (Å²) in [5.74, 6) is -0.0121. The molecule has 0 bridgehead atoms. The number of hydrogen-bond donors (Lipinski definition) is 2. The number of urea groups is 1. The van der Waals surface area contributed by atoms with Crippen LogP contribution in [0, 0.1) is 0 Å². The lowest BCUT2D eigenvalue weighted by atomic mass is 10.1. The van der Waals surface area contributed by atoms with Crippen LogP contribution in [0.2, 0.25) is 0 Å². The quantitative estimate of drug-likeness (QED) is 0.723. The molecule has 140 valence electrons. The molecule has 2 aromatic rings. The van der Waals surface area contributed by atoms with Crippen LogP contribution in [0.3, 0.4) is 0 Å². The first-order valence-corrected chi connectivity index (χ1v) is 8.51. The van der Waals surface area contributed by atoms with E-state index in [1.807, 2.05) is 24.3 Å². The van der Waals surface area contributed by atoms with Gasteiger partial charge in [0.05, 0.1) is 25.4 Å². The lowest BCUT2D eigenvalue weighted by Gasteiger charge is -2.13. The molecule has 27 heavy (non-hydrogen) atoms. The second-order valence-corrected chi connectivity index (χ2v) is 6.08. The summed E-state index contributed by atoms with van der Waals surface area (Å²) in [6, 6.07) is 9.48. The van der Waals surface area contributed by atoms with Gasteiger partial charge in [0, 0.05) is 12.7 Å². The lowest BCUT2D eigenvalue weighted by Crippen LogP contribution is -2.34. The van der Waals surface area contributed by atoms with Crippen molar-refractivity contribution in [1.82, 2.24) is 15.2 Å². The predicted octanol–water partition coefficient (Wildman–Crippen LogP) is 1.58. The highest BCUT2D eigenvalue weighted by molar-refractivity contribution is 6.06. The third-order valence-electron chi connectivity index (χ3n) is 4.22. The van der Waals surface area contributed by atoms with Gasteiger partial charge in [0.25, 0.3) is 5.91 Å². The smallest absolute Gasteiger partial charge is 0.324 e. The molecule has 1 fully saturated rings. The van der Waals surface area contributed by atoms with Crippen LogP contribution in [-0.4, -0.2) is 47.4 Å². The Morgan fingerprint density at radius 1 is 1.26 bits per heavy atom. The molecular formula is C19H20N4O4. The topological polar surface area (TPSA) is 101 Å². The number of ether oxygens (including phenoxy) is 1. The highest BCUT2D eigenvalue weighted by atomic mass is 16.5. The standard InChI is InChI=1S/C19H20N4O4/c1-27-15-6-4-13(5-7-15)8-10-23-18(25)16(22-19(23)26)11-17(24)21-14-3-2-9-20-12-14/h2-7,9,12,16H,8,10-11H2,1H3,(H,21,24)(H,22,26)/t16-/m1/s1. The number of anilines is 1. The van der Waals surface area contributed by atoms with Crippen LogP contribution in [0.4, 0.5) is 10.5 Å². The first kappa shape index (κ1) is 18.4. The molecule has 0 aliphatic carbocycles. The van der Waals surface area contributed by atoms with Gasteiger partial charge in [-0.2, -0.15) is 0 Å². The molecule has 0 spiro atoms. The number of hydrogen-bond acceptors (Lipinski definition) is 5. The maximum atomic E-state index is 12.5. The number of benzene rings is 1. The Kier molecular flexibility index (Phi) is 5.65. The maximum Gasteiger partial charge on any atom is 0.324 e. The van der Waals surface area contributed by atoms with Gasteiger partial charge in [0.15, 0.2) is 0 Å². The van der Waals surface area contributed by atoms with Gasteiger partial charge in [-0.25, -0.2) is 4.79 Å². The highest BCUT2D eigenvalue weighted by Crippen LogP contribution is 2.15. The summed E-state index contributed by atoms with van der Waals surface area (Å²) in [6.07, 6.45) is 3.50. The van der Waals surface area contributed by atoms with Crippen molar-refractivity contribution in [2.45, 2.75) is 18.9 Å². The van der Waals surface area contributed by atoms with Gasteiger partial charge in [-0.05, 0) is 36.2 Å². The zero-order chi connectivity index (χ0) is 19.2. The van der Waals surface area contributed by atoms with Crippen molar-refractivity contribution in [2.24, 2.45) is 0 Å². The van der Waals surface area contributed by atoms with E-state index in [0.29, 0.717) is 12.1 Å². The molecule has 0 unspecified atom stereocenters. The minimum absolute atomic E-state index is 0.126. The summed E-state index contributed by atoms with van der Waals surface area (Å²) in [5, 5.41) is 5.22. The number of aromatic nitrogens is 1. The minimum Gasteiger partial charge on any atom is -0.497 e. The van der Waals surface area contributed by atoms with Crippen molar-refractivity contribution < 1.29 is 19.1 Å². The van der Waals surface area contributed by atoms with E-state index in [1.54, 1.807) is 25.4 Å². The van der Waals surface area contributed by atoms with Crippen molar-refractivity contribution >= 4 is 23.5 Å². The van der Waals surface area contributed by atoms with Gasteiger partial charge in [-0.15, -0.1) is 0 Å². The number of carbonyl (C=O) groups excluding carboxylic acids is 3. The van der Waals surface area contributed by atoms with Gasteiger partial charge in [-0.3, -0.25) is 19.5 Å². The molecule has 2 heterocycles. The Balaban J connectivity index is 1.53. The molecular weight excluding hydrogens is 348 g/mol. The minimum atomic E-state index is -0.856. The van der Waals surface area contributed by atoms with Crippen LogP contribution < -0.4 is 15.4 Å². The van der Waals surface area contributed by atoms with Crippen molar-refractivity contribution in [3.05, 3.63) is 54.4 Å². The summed E-state index contributed by atoms with van der Waals surface area (Å²) >= 11 is 0. The Morgan fingerprint density at radius 2 is 2.04 bits per heavy atom. The van der Waals surface area contributed by atoms with Crippen molar-refractivity contribution in [2.75, 3.05) is 19.0 Å². The van der Waals surface area contributed by atoms with E-state index in [-0.39, 0.29) is 18.9 Å². The molecule has 4 amide bonds. The van der Waals surface area contributed by atoms with E-state index in [4.69, 9.17) is 4.74 Å². The van der Waals surface area contributed by atoms with Crippen molar-refractivity contribution in [3.63, 3.8) is 0 Å². The third-order valence-corrected chi connectivity index (χ3v) is 4.22. The summed E-state index contributed by atoms with van der Waals surface area (Å²) < 4.78 is 5.10. The number of rotatable bonds is 7. The molecule has 8 heteroatoms. The van der Waals surface area contributed by atoms with Gasteiger partial charge in [0.1, 0.15) is 11.8 Å². The van der Waals surface area contributed by atoms with E-state index in [1.165, 1.54) is 6.20 Å². The Morgan fingerprint density at radius 3 is 2.70 bits per heavy atom. The Bertz CT molecular complexity index is 823. The Hall–Kier alpha value is -3.42. The average molecular weight is 368 g/mol. The van der Waals surface area contributed by atoms with Gasteiger partial charge in [0.2, 0.25) is 5.91 Å². The number of carbonyl (C=O) groups is 3. The van der Waals surface area contributed by atoms with Crippen LogP contribution in [0.5, 0.6) is 5.75 Å². The number of nitrogens with zero attached hydrogens (tertiary/aromatic N) is 2. The van der Waals surface area contributed by atoms with Crippen molar-refractivity contribution in [1.29, 1.82) is 0 Å². The fraction of sp³-hybridized carbons (Fsp3) is 0.263. The van der Waals surface area contributed by atoms with Crippen LogP contribution in [0.15, 0.2) is 48.8 Å². The summed E-state index contributed by atoms with van der Waals surface area (Å²) in [7, 11) is 1.59. The molecule has 8 nitrogen and oxygen atoms in total. The van der Waals surface area contributed by atoms with E-state index < -0.39 is 18.0 Å². The fourth-order valence-corrected chi connectivity index (χ4v) is 2.79. The SMILES string of the molecule is COc1ccc(CCN2C(=O)N[C@H](CC(=O)Nc3cccnc3)C2=O)cc1. The van der Waals surface area contributed by atoms with E-state index in [0.717, 1.165) is 16.2 Å². The van der Waals surface area contributed by atoms with Gasteiger partial charge in [-0.1, -0.05) is 12.1 Å². The molecule has 1 aromatic carbocycles. The predicted molar refractivity (Wildman–Crippen MR) is 98.2 cm³/mol. The number of pyridine rings is 1. The summed E-state index contributed by atoms with van der Waals surface area (Å²) in [4.78, 5) is 41.7. The zero-order valence-corrected chi connectivity index (χ0v) is 14.8. The third kappa shape index (κ3) is 4.60. The number of methoxy groups -OCH3 is 1. The molecule has 0 saturated carbocycles. The van der Waals surface area contributed by atoms with E-state index >= 15 is 0 Å². The second kappa shape index (κ2) is 8.31. The normalized spacial score (nSPS) is 16.2. The first-order valence-electron chi connectivity index (χ1n) is 8.51. The Labute approximate surface area is 156 Å². The highest BCUT2D eigenvalue weighted by Gasteiger charge is 2.38. The monoisotopic (exact) mass is 368 g/mol. The van der Waals surface area contributed by atoms with Crippen LogP contribution >= 0.6 is 0 Å². The van der Waals surface area contributed by atoms with Gasteiger partial charge < -0.3 is 15.4 Å². The summed E-state index contributed by atoms with van der Waals surface area (Å²) in [6.45, 7) is 0.248. The molecule has 1 saturated heterocycles. The van der Waals surface area contributed by atoms with Crippen LogP contribution in [0.1, 0.15) is 12.0 Å². The lowest BCUT2D eigenvalue weighted by molar-refractivity contribution is -0.129. The number of imide groups is 1. The largest absolute Gasteiger partial charge is 0.497 e. The van der Waals surface area contributed by atoms with E-state index in [9.17, 15) is 14.4 Å². The maximum absolute atomic E-state index is 12.5. The molecule has 1 aromatic heterocycles. The molecule has 1 atom stereocenters. The molecule has 2 N–H and O–H groups in total. The van der Waals surface area contributed by atoms with E-state index in [2.05, 4.69) is 15.6 Å². The molecule has 1 aliphatic rings.